The minimum Gasteiger partial charge on any atom is -0.387 e. The second-order valence-corrected chi connectivity index (χ2v) is 5.63. The summed E-state index contributed by atoms with van der Waals surface area (Å²) in [5.74, 6) is -0.766. The standard InChI is InChI=1S/C16H17ClN2O3/c1-9-7-10(2)19(16(22)14(9)15(18)21)8-13(20)11-3-5-12(17)6-4-11/h3-7,13,20H,8H2,1-2H3,(H2,18,21). The number of rotatable bonds is 4. The summed E-state index contributed by atoms with van der Waals surface area (Å²) in [5, 5.41) is 10.9. The van der Waals surface area contributed by atoms with E-state index >= 15 is 0 Å². The van der Waals surface area contributed by atoms with Crippen LogP contribution in [-0.2, 0) is 6.54 Å². The Balaban J connectivity index is 2.41. The summed E-state index contributed by atoms with van der Waals surface area (Å²) in [6.07, 6.45) is -0.892. The maximum absolute atomic E-state index is 12.4. The molecule has 22 heavy (non-hydrogen) atoms. The molecule has 5 nitrogen and oxygen atoms in total. The number of aliphatic hydroxyl groups excluding tert-OH is 1. The third-order valence-electron chi connectivity index (χ3n) is 3.56. The largest absolute Gasteiger partial charge is 0.387 e. The van der Waals surface area contributed by atoms with E-state index in [0.717, 1.165) is 0 Å². The zero-order chi connectivity index (χ0) is 16.4. The fourth-order valence-electron chi connectivity index (χ4n) is 2.42. The summed E-state index contributed by atoms with van der Waals surface area (Å²) in [6, 6.07) is 8.42. The van der Waals surface area contributed by atoms with Crippen LogP contribution in [0.25, 0.3) is 0 Å². The smallest absolute Gasteiger partial charge is 0.263 e. The van der Waals surface area contributed by atoms with E-state index in [0.29, 0.717) is 21.8 Å². The highest BCUT2D eigenvalue weighted by atomic mass is 35.5. The minimum atomic E-state index is -0.892. The Morgan fingerprint density at radius 2 is 1.91 bits per heavy atom. The summed E-state index contributed by atoms with van der Waals surface area (Å²) in [4.78, 5) is 23.8. The summed E-state index contributed by atoms with van der Waals surface area (Å²) in [6.45, 7) is 3.44. The Morgan fingerprint density at radius 1 is 1.32 bits per heavy atom. The summed E-state index contributed by atoms with van der Waals surface area (Å²) < 4.78 is 1.35. The maximum atomic E-state index is 12.4. The first-order valence-corrected chi connectivity index (χ1v) is 7.13. The number of aromatic nitrogens is 1. The van der Waals surface area contributed by atoms with Crippen LogP contribution in [0, 0.1) is 13.8 Å². The van der Waals surface area contributed by atoms with Gasteiger partial charge < -0.3 is 15.4 Å². The molecule has 0 aliphatic carbocycles. The number of pyridine rings is 1. The molecule has 1 aromatic heterocycles. The number of hydrogen-bond donors (Lipinski definition) is 2. The van der Waals surface area contributed by atoms with Crippen molar-refractivity contribution in [3.8, 4) is 0 Å². The molecule has 3 N–H and O–H groups in total. The van der Waals surface area contributed by atoms with Crippen molar-refractivity contribution in [2.75, 3.05) is 0 Å². The number of primary amides is 1. The fourth-order valence-corrected chi connectivity index (χ4v) is 2.54. The number of amides is 1. The predicted molar refractivity (Wildman–Crippen MR) is 85.1 cm³/mol. The predicted octanol–water partition coefficient (Wildman–Crippen LogP) is 1.95. The molecule has 0 aliphatic heterocycles. The molecule has 6 heteroatoms. The van der Waals surface area contributed by atoms with Gasteiger partial charge in [-0.3, -0.25) is 9.59 Å². The molecule has 0 radical (unpaired) electrons. The lowest BCUT2D eigenvalue weighted by atomic mass is 10.1. The minimum absolute atomic E-state index is 0.0346. The van der Waals surface area contributed by atoms with Crippen molar-refractivity contribution >= 4 is 17.5 Å². The van der Waals surface area contributed by atoms with Crippen molar-refractivity contribution in [2.24, 2.45) is 5.73 Å². The molecule has 1 heterocycles. The number of hydrogen-bond acceptors (Lipinski definition) is 3. The van der Waals surface area contributed by atoms with E-state index in [4.69, 9.17) is 17.3 Å². The first kappa shape index (κ1) is 16.3. The summed E-state index contributed by atoms with van der Waals surface area (Å²) >= 11 is 5.81. The number of aliphatic hydroxyl groups is 1. The van der Waals surface area contributed by atoms with Gasteiger partial charge in [-0.2, -0.15) is 0 Å². The van der Waals surface area contributed by atoms with E-state index in [1.807, 2.05) is 0 Å². The molecule has 1 amide bonds. The topological polar surface area (TPSA) is 85.3 Å². The molecular formula is C16H17ClN2O3. The van der Waals surface area contributed by atoms with Crippen LogP contribution in [0.4, 0.5) is 0 Å². The fraction of sp³-hybridized carbons (Fsp3) is 0.250. The van der Waals surface area contributed by atoms with Gasteiger partial charge in [-0.25, -0.2) is 0 Å². The Morgan fingerprint density at radius 3 is 2.45 bits per heavy atom. The van der Waals surface area contributed by atoms with Gasteiger partial charge in [0.05, 0.1) is 12.6 Å². The van der Waals surface area contributed by atoms with Crippen molar-refractivity contribution in [1.82, 2.24) is 4.57 Å². The molecular weight excluding hydrogens is 304 g/mol. The van der Waals surface area contributed by atoms with Gasteiger partial charge >= 0.3 is 0 Å². The lowest BCUT2D eigenvalue weighted by Crippen LogP contribution is -2.33. The molecule has 1 unspecified atom stereocenters. The lowest BCUT2D eigenvalue weighted by molar-refractivity contribution is 0.0996. The quantitative estimate of drug-likeness (QED) is 0.903. The Bertz CT molecular complexity index is 766. The Labute approximate surface area is 133 Å². The van der Waals surface area contributed by atoms with Gasteiger partial charge in [-0.05, 0) is 43.2 Å². The average molecular weight is 321 g/mol. The van der Waals surface area contributed by atoms with Crippen LogP contribution in [-0.4, -0.2) is 15.6 Å². The van der Waals surface area contributed by atoms with Gasteiger partial charge in [0.15, 0.2) is 0 Å². The number of aryl methyl sites for hydroxylation is 2. The van der Waals surface area contributed by atoms with Crippen LogP contribution in [0.2, 0.25) is 5.02 Å². The van der Waals surface area contributed by atoms with Gasteiger partial charge in [0, 0.05) is 10.7 Å². The highest BCUT2D eigenvalue weighted by Crippen LogP contribution is 2.18. The third kappa shape index (κ3) is 3.21. The van der Waals surface area contributed by atoms with Crippen molar-refractivity contribution in [3.05, 3.63) is 68.1 Å². The summed E-state index contributed by atoms with van der Waals surface area (Å²) in [5.41, 5.74) is 6.55. The van der Waals surface area contributed by atoms with E-state index in [1.165, 1.54) is 4.57 Å². The van der Waals surface area contributed by atoms with Crippen LogP contribution in [0.1, 0.15) is 33.3 Å². The van der Waals surface area contributed by atoms with Crippen molar-refractivity contribution < 1.29 is 9.90 Å². The van der Waals surface area contributed by atoms with E-state index in [2.05, 4.69) is 0 Å². The van der Waals surface area contributed by atoms with Crippen molar-refractivity contribution in [3.63, 3.8) is 0 Å². The Kier molecular flexibility index (Phi) is 4.68. The number of nitrogens with zero attached hydrogens (tertiary/aromatic N) is 1. The lowest BCUT2D eigenvalue weighted by Gasteiger charge is -2.17. The molecule has 1 aromatic carbocycles. The Hall–Kier alpha value is -2.11. The zero-order valence-corrected chi connectivity index (χ0v) is 13.1. The first-order valence-electron chi connectivity index (χ1n) is 6.75. The molecule has 0 aliphatic rings. The van der Waals surface area contributed by atoms with Crippen LogP contribution in [0.15, 0.2) is 35.1 Å². The van der Waals surface area contributed by atoms with Crippen LogP contribution in [0.3, 0.4) is 0 Å². The third-order valence-corrected chi connectivity index (χ3v) is 3.81. The molecule has 0 bridgehead atoms. The van der Waals surface area contributed by atoms with Crippen molar-refractivity contribution in [1.29, 1.82) is 0 Å². The first-order chi connectivity index (χ1) is 10.3. The summed E-state index contributed by atoms with van der Waals surface area (Å²) in [7, 11) is 0. The van der Waals surface area contributed by atoms with Crippen LogP contribution >= 0.6 is 11.6 Å². The van der Waals surface area contributed by atoms with E-state index in [9.17, 15) is 14.7 Å². The van der Waals surface area contributed by atoms with E-state index < -0.39 is 17.6 Å². The molecule has 2 aromatic rings. The molecule has 0 fully saturated rings. The van der Waals surface area contributed by atoms with Gasteiger partial charge in [0.2, 0.25) is 0 Å². The molecule has 0 saturated carbocycles. The van der Waals surface area contributed by atoms with Gasteiger partial charge in [-0.15, -0.1) is 0 Å². The number of carbonyl (C=O) groups excluding carboxylic acids is 1. The average Bonchev–Trinajstić information content (AvgIpc) is 2.43. The van der Waals surface area contributed by atoms with Crippen molar-refractivity contribution in [2.45, 2.75) is 26.5 Å². The number of carbonyl (C=O) groups is 1. The second-order valence-electron chi connectivity index (χ2n) is 5.19. The van der Waals surface area contributed by atoms with Gasteiger partial charge in [-0.1, -0.05) is 23.7 Å². The second kappa shape index (κ2) is 6.34. The molecule has 1 atom stereocenters. The zero-order valence-electron chi connectivity index (χ0n) is 12.3. The van der Waals surface area contributed by atoms with Gasteiger partial charge in [0.25, 0.3) is 11.5 Å². The number of halogens is 1. The molecule has 2 rings (SSSR count). The molecule has 0 spiro atoms. The van der Waals surface area contributed by atoms with E-state index in [1.54, 1.807) is 44.2 Å². The highest BCUT2D eigenvalue weighted by molar-refractivity contribution is 6.30. The van der Waals surface area contributed by atoms with Crippen LogP contribution in [0.5, 0.6) is 0 Å². The highest BCUT2D eigenvalue weighted by Gasteiger charge is 2.17. The monoisotopic (exact) mass is 320 g/mol. The number of nitrogens with two attached hydrogens (primary N) is 1. The molecule has 0 saturated heterocycles. The normalized spacial score (nSPS) is 12.2. The molecule has 116 valence electrons. The van der Waals surface area contributed by atoms with Crippen LogP contribution < -0.4 is 11.3 Å². The number of benzene rings is 1. The van der Waals surface area contributed by atoms with E-state index in [-0.39, 0.29) is 12.1 Å². The maximum Gasteiger partial charge on any atom is 0.263 e. The SMILES string of the molecule is Cc1cc(C)n(CC(O)c2ccc(Cl)cc2)c(=O)c1C(N)=O. The van der Waals surface area contributed by atoms with Gasteiger partial charge in [0.1, 0.15) is 5.56 Å².